The molecule has 2 N–H and O–H groups in total. The van der Waals surface area contributed by atoms with E-state index in [1.807, 2.05) is 13.8 Å². The van der Waals surface area contributed by atoms with Gasteiger partial charge in [-0.2, -0.15) is 0 Å². The highest BCUT2D eigenvalue weighted by molar-refractivity contribution is 9.10. The fraction of sp³-hybridized carbons (Fsp3) is 0.538. The summed E-state index contributed by atoms with van der Waals surface area (Å²) in [6.45, 7) is 6.16. The summed E-state index contributed by atoms with van der Waals surface area (Å²) >= 11 is 3.33. The van der Waals surface area contributed by atoms with Gasteiger partial charge in [0.1, 0.15) is 5.82 Å². The van der Waals surface area contributed by atoms with E-state index in [4.69, 9.17) is 0 Å². The van der Waals surface area contributed by atoms with Crippen LogP contribution in [0.2, 0.25) is 0 Å². The molecule has 1 heterocycles. The molecule has 0 aliphatic carbocycles. The van der Waals surface area contributed by atoms with Crippen LogP contribution in [0.3, 0.4) is 0 Å². The summed E-state index contributed by atoms with van der Waals surface area (Å²) in [5.41, 5.74) is 0.343. The summed E-state index contributed by atoms with van der Waals surface area (Å²) in [5, 5.41) is 5.96. The van der Waals surface area contributed by atoms with Gasteiger partial charge in [0.2, 0.25) is 0 Å². The zero-order valence-corrected chi connectivity index (χ0v) is 12.9. The number of nitrogens with zero attached hydrogens (tertiary/aromatic N) is 1. The van der Waals surface area contributed by atoms with Gasteiger partial charge >= 0.3 is 0 Å². The SMILES string of the molecule is CCCC(C)(C)NC(=O)c1cc(Br)cnc1NC. The molecule has 0 unspecified atom stereocenters. The third-order valence-corrected chi connectivity index (χ3v) is 3.10. The lowest BCUT2D eigenvalue weighted by Crippen LogP contribution is -2.43. The van der Waals surface area contributed by atoms with Gasteiger partial charge in [-0.05, 0) is 42.3 Å². The maximum Gasteiger partial charge on any atom is 0.255 e. The third kappa shape index (κ3) is 3.98. The molecule has 18 heavy (non-hydrogen) atoms. The van der Waals surface area contributed by atoms with Crippen molar-refractivity contribution in [1.29, 1.82) is 0 Å². The van der Waals surface area contributed by atoms with Gasteiger partial charge in [-0.3, -0.25) is 4.79 Å². The van der Waals surface area contributed by atoms with Gasteiger partial charge in [-0.25, -0.2) is 4.98 Å². The van der Waals surface area contributed by atoms with E-state index in [1.54, 1.807) is 19.3 Å². The normalized spacial score (nSPS) is 11.2. The van der Waals surface area contributed by atoms with E-state index in [0.717, 1.165) is 17.3 Å². The van der Waals surface area contributed by atoms with Crippen LogP contribution in [-0.2, 0) is 0 Å². The van der Waals surface area contributed by atoms with Crippen LogP contribution in [0.4, 0.5) is 5.82 Å². The number of hydrogen-bond acceptors (Lipinski definition) is 3. The van der Waals surface area contributed by atoms with Crippen molar-refractivity contribution in [3.63, 3.8) is 0 Å². The first-order chi connectivity index (χ1) is 8.39. The first-order valence-electron chi connectivity index (χ1n) is 6.05. The van der Waals surface area contributed by atoms with Crippen LogP contribution in [0, 0.1) is 0 Å². The van der Waals surface area contributed by atoms with Crippen molar-refractivity contribution in [3.05, 3.63) is 22.3 Å². The number of halogens is 1. The van der Waals surface area contributed by atoms with Crippen LogP contribution in [-0.4, -0.2) is 23.5 Å². The van der Waals surface area contributed by atoms with Crippen molar-refractivity contribution in [2.24, 2.45) is 0 Å². The zero-order valence-electron chi connectivity index (χ0n) is 11.3. The first kappa shape index (κ1) is 15.0. The van der Waals surface area contributed by atoms with Crippen LogP contribution >= 0.6 is 15.9 Å². The quantitative estimate of drug-likeness (QED) is 0.877. The van der Waals surface area contributed by atoms with Crippen molar-refractivity contribution < 1.29 is 4.79 Å². The summed E-state index contributed by atoms with van der Waals surface area (Å²) in [5.74, 6) is 0.481. The fourth-order valence-electron chi connectivity index (χ4n) is 1.87. The van der Waals surface area contributed by atoms with E-state index >= 15 is 0 Å². The van der Waals surface area contributed by atoms with Gasteiger partial charge < -0.3 is 10.6 Å². The van der Waals surface area contributed by atoms with Crippen LogP contribution in [0.25, 0.3) is 0 Å². The molecule has 0 spiro atoms. The molecule has 0 radical (unpaired) electrons. The Morgan fingerprint density at radius 3 is 2.72 bits per heavy atom. The van der Waals surface area contributed by atoms with E-state index in [0.29, 0.717) is 11.4 Å². The molecule has 5 heteroatoms. The van der Waals surface area contributed by atoms with Gasteiger partial charge in [-0.15, -0.1) is 0 Å². The Labute approximate surface area is 117 Å². The van der Waals surface area contributed by atoms with Crippen LogP contribution in [0.15, 0.2) is 16.7 Å². The highest BCUT2D eigenvalue weighted by atomic mass is 79.9. The number of aromatic nitrogens is 1. The highest BCUT2D eigenvalue weighted by Gasteiger charge is 2.22. The van der Waals surface area contributed by atoms with Crippen molar-refractivity contribution in [1.82, 2.24) is 10.3 Å². The number of rotatable bonds is 5. The Morgan fingerprint density at radius 2 is 2.17 bits per heavy atom. The maximum absolute atomic E-state index is 12.3. The maximum atomic E-state index is 12.3. The molecule has 0 fully saturated rings. The van der Waals surface area contributed by atoms with Crippen LogP contribution in [0.1, 0.15) is 44.0 Å². The lowest BCUT2D eigenvalue weighted by molar-refractivity contribution is 0.0909. The van der Waals surface area contributed by atoms with E-state index in [-0.39, 0.29) is 11.4 Å². The lowest BCUT2D eigenvalue weighted by Gasteiger charge is -2.26. The van der Waals surface area contributed by atoms with Gasteiger partial charge in [0.25, 0.3) is 5.91 Å². The summed E-state index contributed by atoms with van der Waals surface area (Å²) < 4.78 is 0.792. The minimum absolute atomic E-state index is 0.105. The molecule has 0 bridgehead atoms. The molecule has 4 nitrogen and oxygen atoms in total. The minimum atomic E-state index is -0.209. The topological polar surface area (TPSA) is 54.0 Å². The Morgan fingerprint density at radius 1 is 1.50 bits per heavy atom. The Balaban J connectivity index is 2.93. The molecule has 0 atom stereocenters. The average Bonchev–Trinajstić information content (AvgIpc) is 2.28. The molecular formula is C13H20BrN3O. The zero-order chi connectivity index (χ0) is 13.8. The molecule has 1 aromatic heterocycles. The largest absolute Gasteiger partial charge is 0.372 e. The van der Waals surface area contributed by atoms with Crippen molar-refractivity contribution in [2.45, 2.75) is 39.2 Å². The molecule has 0 saturated carbocycles. The van der Waals surface area contributed by atoms with Gasteiger partial charge in [0.15, 0.2) is 0 Å². The molecular weight excluding hydrogens is 294 g/mol. The molecule has 1 rings (SSSR count). The van der Waals surface area contributed by atoms with Crippen LogP contribution < -0.4 is 10.6 Å². The second-order valence-electron chi connectivity index (χ2n) is 4.89. The number of nitrogens with one attached hydrogen (secondary N) is 2. The molecule has 1 amide bonds. The molecule has 0 saturated heterocycles. The lowest BCUT2D eigenvalue weighted by atomic mass is 9.98. The van der Waals surface area contributed by atoms with E-state index in [1.165, 1.54) is 0 Å². The Kier molecular flexibility index (Phi) is 5.14. The minimum Gasteiger partial charge on any atom is -0.372 e. The predicted octanol–water partition coefficient (Wildman–Crippen LogP) is 3.19. The van der Waals surface area contributed by atoms with E-state index in [9.17, 15) is 4.79 Å². The predicted molar refractivity (Wildman–Crippen MR) is 77.9 cm³/mol. The second-order valence-corrected chi connectivity index (χ2v) is 5.80. The Hall–Kier alpha value is -1.10. The number of anilines is 1. The molecule has 0 aliphatic heterocycles. The van der Waals surface area contributed by atoms with Gasteiger partial charge in [0.05, 0.1) is 5.56 Å². The van der Waals surface area contributed by atoms with Crippen molar-refractivity contribution in [3.8, 4) is 0 Å². The summed E-state index contributed by atoms with van der Waals surface area (Å²) in [7, 11) is 1.75. The van der Waals surface area contributed by atoms with Crippen molar-refractivity contribution >= 4 is 27.7 Å². The standard InChI is InChI=1S/C13H20BrN3O/c1-5-6-13(2,3)17-12(18)10-7-9(14)8-16-11(10)15-4/h7-8H,5-6H2,1-4H3,(H,15,16)(H,17,18). The highest BCUT2D eigenvalue weighted by Crippen LogP contribution is 2.19. The Bertz CT molecular complexity index is 432. The number of amides is 1. The molecule has 0 aliphatic rings. The second kappa shape index (κ2) is 6.18. The van der Waals surface area contributed by atoms with Gasteiger partial charge in [0, 0.05) is 23.3 Å². The fourth-order valence-corrected chi connectivity index (χ4v) is 2.21. The number of hydrogen-bond donors (Lipinski definition) is 2. The number of pyridine rings is 1. The molecule has 1 aromatic rings. The summed E-state index contributed by atoms with van der Waals surface area (Å²) in [6.07, 6.45) is 3.64. The summed E-state index contributed by atoms with van der Waals surface area (Å²) in [6, 6.07) is 1.77. The molecule has 0 aromatic carbocycles. The first-order valence-corrected chi connectivity index (χ1v) is 6.84. The average molecular weight is 314 g/mol. The smallest absolute Gasteiger partial charge is 0.255 e. The number of carbonyl (C=O) groups excluding carboxylic acids is 1. The van der Waals surface area contributed by atoms with E-state index < -0.39 is 0 Å². The van der Waals surface area contributed by atoms with E-state index in [2.05, 4.69) is 38.5 Å². The van der Waals surface area contributed by atoms with Gasteiger partial charge in [-0.1, -0.05) is 13.3 Å². The molecule has 100 valence electrons. The monoisotopic (exact) mass is 313 g/mol. The third-order valence-electron chi connectivity index (χ3n) is 2.66. The van der Waals surface area contributed by atoms with Crippen molar-refractivity contribution in [2.75, 3.05) is 12.4 Å². The van der Waals surface area contributed by atoms with Crippen LogP contribution in [0.5, 0.6) is 0 Å². The number of carbonyl (C=O) groups is 1. The summed E-state index contributed by atoms with van der Waals surface area (Å²) in [4.78, 5) is 16.4.